The molecule has 0 fully saturated rings. The van der Waals surface area contributed by atoms with Crippen LogP contribution in [0.25, 0.3) is 11.0 Å². The van der Waals surface area contributed by atoms with Gasteiger partial charge >= 0.3 is 0 Å². The number of pyridine rings is 2. The van der Waals surface area contributed by atoms with Crippen molar-refractivity contribution < 1.29 is 0 Å². The summed E-state index contributed by atoms with van der Waals surface area (Å²) >= 11 is 3.36. The Balaban J connectivity index is 2.68. The summed E-state index contributed by atoms with van der Waals surface area (Å²) in [5.41, 5.74) is 7.28. The lowest BCUT2D eigenvalue weighted by Gasteiger charge is -1.99. The molecule has 0 radical (unpaired) electrons. The Morgan fingerprint density at radius 3 is 2.77 bits per heavy atom. The molecule has 0 aliphatic rings. The summed E-state index contributed by atoms with van der Waals surface area (Å²) in [6.07, 6.45) is 3.49. The number of hydrogen-bond acceptors (Lipinski definition) is 3. The summed E-state index contributed by atoms with van der Waals surface area (Å²) in [5.74, 6) is 0. The fourth-order valence-electron chi connectivity index (χ4n) is 1.15. The molecule has 0 atom stereocenters. The van der Waals surface area contributed by atoms with E-state index in [1.165, 1.54) is 0 Å². The van der Waals surface area contributed by atoms with Gasteiger partial charge in [-0.2, -0.15) is 0 Å². The molecule has 2 aromatic heterocycles. The predicted molar refractivity (Wildman–Crippen MR) is 55.1 cm³/mol. The Bertz CT molecular complexity index is 442. The molecule has 0 saturated heterocycles. The van der Waals surface area contributed by atoms with Gasteiger partial charge in [-0.15, -0.1) is 0 Å². The molecule has 2 heterocycles. The maximum Gasteiger partial charge on any atom is 0.159 e. The van der Waals surface area contributed by atoms with E-state index in [0.717, 1.165) is 21.1 Å². The molecular weight excluding hydrogens is 230 g/mol. The second-order valence-electron chi connectivity index (χ2n) is 2.75. The maximum atomic E-state index is 5.51. The van der Waals surface area contributed by atoms with Crippen LogP contribution in [-0.2, 0) is 6.54 Å². The average Bonchev–Trinajstić information content (AvgIpc) is 2.16. The Morgan fingerprint density at radius 2 is 2.00 bits per heavy atom. The number of fused-ring (bicyclic) bond motifs is 1. The van der Waals surface area contributed by atoms with E-state index >= 15 is 0 Å². The minimum atomic E-state index is 0.509. The normalized spacial score (nSPS) is 10.6. The van der Waals surface area contributed by atoms with Gasteiger partial charge in [-0.1, -0.05) is 0 Å². The lowest BCUT2D eigenvalue weighted by atomic mass is 10.2. The molecule has 0 aromatic carbocycles. The van der Waals surface area contributed by atoms with Gasteiger partial charge in [0.15, 0.2) is 5.65 Å². The summed E-state index contributed by atoms with van der Waals surface area (Å²) in [4.78, 5) is 8.34. The molecule has 0 amide bonds. The summed E-state index contributed by atoms with van der Waals surface area (Å²) in [5, 5.41) is 1.01. The van der Waals surface area contributed by atoms with Gasteiger partial charge in [0.2, 0.25) is 0 Å². The summed E-state index contributed by atoms with van der Waals surface area (Å²) in [7, 11) is 0. The SMILES string of the molecule is NCc1cnc2ncc(Br)cc2c1. The van der Waals surface area contributed by atoms with E-state index in [4.69, 9.17) is 5.73 Å². The zero-order valence-corrected chi connectivity index (χ0v) is 8.45. The average molecular weight is 238 g/mol. The Hall–Kier alpha value is -1.00. The molecule has 13 heavy (non-hydrogen) atoms. The molecule has 2 rings (SSSR count). The van der Waals surface area contributed by atoms with Crippen LogP contribution in [0.15, 0.2) is 29.0 Å². The van der Waals surface area contributed by atoms with Crippen molar-refractivity contribution in [2.75, 3.05) is 0 Å². The van der Waals surface area contributed by atoms with E-state index in [9.17, 15) is 0 Å². The quantitative estimate of drug-likeness (QED) is 0.824. The van der Waals surface area contributed by atoms with E-state index in [1.807, 2.05) is 12.1 Å². The fourth-order valence-corrected chi connectivity index (χ4v) is 1.50. The predicted octanol–water partition coefficient (Wildman–Crippen LogP) is 1.85. The second kappa shape index (κ2) is 3.40. The number of aromatic nitrogens is 2. The van der Waals surface area contributed by atoms with Crippen molar-refractivity contribution in [2.24, 2.45) is 5.73 Å². The fraction of sp³-hybridized carbons (Fsp3) is 0.111. The summed E-state index contributed by atoms with van der Waals surface area (Å²) in [6, 6.07) is 3.98. The second-order valence-corrected chi connectivity index (χ2v) is 3.66. The first-order chi connectivity index (χ1) is 6.29. The highest BCUT2D eigenvalue weighted by atomic mass is 79.9. The first kappa shape index (κ1) is 8.59. The van der Waals surface area contributed by atoms with E-state index in [2.05, 4.69) is 25.9 Å². The summed E-state index contributed by atoms with van der Waals surface area (Å²) < 4.78 is 0.955. The van der Waals surface area contributed by atoms with Crippen molar-refractivity contribution in [3.63, 3.8) is 0 Å². The smallest absolute Gasteiger partial charge is 0.159 e. The third-order valence-corrected chi connectivity index (χ3v) is 2.22. The van der Waals surface area contributed by atoms with Crippen LogP contribution in [0.4, 0.5) is 0 Å². The van der Waals surface area contributed by atoms with Gasteiger partial charge in [-0.25, -0.2) is 9.97 Å². The number of nitrogens with two attached hydrogens (primary N) is 1. The third kappa shape index (κ3) is 1.68. The highest BCUT2D eigenvalue weighted by Crippen LogP contribution is 2.16. The standard InChI is InChI=1S/C9H8BrN3/c10-8-2-7-1-6(3-11)4-12-9(7)13-5-8/h1-2,4-5H,3,11H2. The van der Waals surface area contributed by atoms with Crippen LogP contribution in [0.3, 0.4) is 0 Å². The van der Waals surface area contributed by atoms with Crippen molar-refractivity contribution in [1.82, 2.24) is 9.97 Å². The zero-order chi connectivity index (χ0) is 9.26. The van der Waals surface area contributed by atoms with Gasteiger partial charge in [0.25, 0.3) is 0 Å². The van der Waals surface area contributed by atoms with Crippen LogP contribution in [0, 0.1) is 0 Å². The van der Waals surface area contributed by atoms with E-state index in [0.29, 0.717) is 6.54 Å². The van der Waals surface area contributed by atoms with Crippen molar-refractivity contribution in [2.45, 2.75) is 6.54 Å². The molecular formula is C9H8BrN3. The Labute approximate surface area is 84.1 Å². The first-order valence-electron chi connectivity index (χ1n) is 3.90. The molecule has 2 N–H and O–H groups in total. The minimum absolute atomic E-state index is 0.509. The van der Waals surface area contributed by atoms with Gasteiger partial charge in [-0.05, 0) is 33.6 Å². The molecule has 2 aromatic rings. The highest BCUT2D eigenvalue weighted by Gasteiger charge is 1.98. The molecule has 4 heteroatoms. The van der Waals surface area contributed by atoms with Crippen LogP contribution in [-0.4, -0.2) is 9.97 Å². The summed E-state index contributed by atoms with van der Waals surface area (Å²) in [6.45, 7) is 0.509. The number of rotatable bonds is 1. The van der Waals surface area contributed by atoms with Crippen LogP contribution >= 0.6 is 15.9 Å². The number of nitrogens with zero attached hydrogens (tertiary/aromatic N) is 2. The van der Waals surface area contributed by atoms with Crippen molar-refractivity contribution in [3.8, 4) is 0 Å². The molecule has 0 bridgehead atoms. The van der Waals surface area contributed by atoms with Crippen LogP contribution < -0.4 is 5.73 Å². The van der Waals surface area contributed by atoms with Crippen molar-refractivity contribution in [3.05, 3.63) is 34.6 Å². The number of halogens is 1. The Kier molecular flexibility index (Phi) is 2.24. The first-order valence-corrected chi connectivity index (χ1v) is 4.69. The number of hydrogen-bond donors (Lipinski definition) is 1. The van der Waals surface area contributed by atoms with Gasteiger partial charge in [0.05, 0.1) is 0 Å². The lowest BCUT2D eigenvalue weighted by molar-refractivity contribution is 1.05. The molecule has 3 nitrogen and oxygen atoms in total. The lowest BCUT2D eigenvalue weighted by Crippen LogP contribution is -1.97. The van der Waals surface area contributed by atoms with Gasteiger partial charge < -0.3 is 5.73 Å². The largest absolute Gasteiger partial charge is 0.326 e. The molecule has 66 valence electrons. The van der Waals surface area contributed by atoms with Crippen LogP contribution in [0.5, 0.6) is 0 Å². The topological polar surface area (TPSA) is 51.8 Å². The van der Waals surface area contributed by atoms with Crippen molar-refractivity contribution >= 4 is 27.0 Å². The van der Waals surface area contributed by atoms with Gasteiger partial charge in [0, 0.05) is 28.8 Å². The minimum Gasteiger partial charge on any atom is -0.326 e. The van der Waals surface area contributed by atoms with E-state index < -0.39 is 0 Å². The molecule has 0 unspecified atom stereocenters. The van der Waals surface area contributed by atoms with Crippen LogP contribution in [0.2, 0.25) is 0 Å². The van der Waals surface area contributed by atoms with E-state index in [-0.39, 0.29) is 0 Å². The Morgan fingerprint density at radius 1 is 1.23 bits per heavy atom. The molecule has 0 aliphatic carbocycles. The maximum absolute atomic E-state index is 5.51. The van der Waals surface area contributed by atoms with Crippen LogP contribution in [0.1, 0.15) is 5.56 Å². The monoisotopic (exact) mass is 237 g/mol. The van der Waals surface area contributed by atoms with E-state index in [1.54, 1.807) is 12.4 Å². The van der Waals surface area contributed by atoms with Gasteiger partial charge in [0.1, 0.15) is 0 Å². The molecule has 0 aliphatic heterocycles. The highest BCUT2D eigenvalue weighted by molar-refractivity contribution is 9.10. The van der Waals surface area contributed by atoms with Crippen molar-refractivity contribution in [1.29, 1.82) is 0 Å². The molecule has 0 spiro atoms. The van der Waals surface area contributed by atoms with Gasteiger partial charge in [-0.3, -0.25) is 0 Å². The third-order valence-electron chi connectivity index (χ3n) is 1.79. The zero-order valence-electron chi connectivity index (χ0n) is 6.87. The molecule has 0 saturated carbocycles.